The first kappa shape index (κ1) is 15.4. The van der Waals surface area contributed by atoms with Crippen molar-refractivity contribution in [3.05, 3.63) is 41.5 Å². The van der Waals surface area contributed by atoms with Gasteiger partial charge in [-0.25, -0.2) is 0 Å². The minimum atomic E-state index is -0.175. The highest BCUT2D eigenvalue weighted by molar-refractivity contribution is 6.28. The summed E-state index contributed by atoms with van der Waals surface area (Å²) in [7, 11) is 0. The van der Waals surface area contributed by atoms with Crippen LogP contribution in [-0.4, -0.2) is 34.9 Å². The number of allylic oxidation sites excluding steroid dienone is 1. The predicted octanol–water partition coefficient (Wildman–Crippen LogP) is 2.78. The van der Waals surface area contributed by atoms with Crippen molar-refractivity contribution in [2.24, 2.45) is 10.4 Å². The van der Waals surface area contributed by atoms with Gasteiger partial charge >= 0.3 is 0 Å². The molecule has 1 aliphatic rings. The second-order valence-electron chi connectivity index (χ2n) is 6.08. The van der Waals surface area contributed by atoms with Crippen molar-refractivity contribution in [3.63, 3.8) is 0 Å². The fourth-order valence-corrected chi connectivity index (χ4v) is 2.62. The van der Waals surface area contributed by atoms with Gasteiger partial charge in [0.15, 0.2) is 5.78 Å². The Morgan fingerprint density at radius 3 is 2.52 bits per heavy atom. The summed E-state index contributed by atoms with van der Waals surface area (Å²) in [6.07, 6.45) is 1.00. The molecule has 1 fully saturated rings. The van der Waals surface area contributed by atoms with Gasteiger partial charge < -0.3 is 10.2 Å². The van der Waals surface area contributed by atoms with Crippen molar-refractivity contribution in [1.82, 2.24) is 0 Å². The van der Waals surface area contributed by atoms with E-state index in [2.05, 4.69) is 4.99 Å². The number of carbonyl (C=O) groups is 1. The fraction of sp³-hybridized carbons (Fsp3) is 0.412. The number of carbonyl (C=O) groups excluding carboxylic acids is 1. The lowest BCUT2D eigenvalue weighted by molar-refractivity contribution is -0.117. The Kier molecular flexibility index (Phi) is 4.58. The molecule has 2 rings (SSSR count). The highest BCUT2D eigenvalue weighted by atomic mass is 16.3. The number of hydrogen-bond donors (Lipinski definition) is 2. The first-order valence-corrected chi connectivity index (χ1v) is 7.11. The van der Waals surface area contributed by atoms with E-state index in [9.17, 15) is 9.90 Å². The minimum absolute atomic E-state index is 0.0206. The number of benzene rings is 1. The average Bonchev–Trinajstić information content (AvgIpc) is 2.44. The molecule has 0 unspecified atom stereocenters. The fourth-order valence-electron chi connectivity index (χ4n) is 2.62. The van der Waals surface area contributed by atoms with E-state index >= 15 is 0 Å². The van der Waals surface area contributed by atoms with E-state index in [1.807, 2.05) is 32.0 Å². The summed E-state index contributed by atoms with van der Waals surface area (Å²) < 4.78 is 0. The lowest BCUT2D eigenvalue weighted by atomic mass is 9.73. The van der Waals surface area contributed by atoms with Crippen LogP contribution in [0.5, 0.6) is 0 Å². The van der Waals surface area contributed by atoms with Crippen LogP contribution in [0.25, 0.3) is 5.76 Å². The summed E-state index contributed by atoms with van der Waals surface area (Å²) in [4.78, 5) is 16.7. The van der Waals surface area contributed by atoms with Crippen LogP contribution in [0.15, 0.2) is 40.9 Å². The maximum atomic E-state index is 12.4. The van der Waals surface area contributed by atoms with Crippen LogP contribution in [0.1, 0.15) is 32.3 Å². The summed E-state index contributed by atoms with van der Waals surface area (Å²) >= 11 is 0. The highest BCUT2D eigenvalue weighted by Gasteiger charge is 2.36. The monoisotopic (exact) mass is 287 g/mol. The number of aliphatic imine (C=N–C) groups is 1. The molecule has 1 aliphatic carbocycles. The third-order valence-corrected chi connectivity index (χ3v) is 3.54. The molecule has 0 spiro atoms. The number of ketones is 1. The Morgan fingerprint density at radius 1 is 1.24 bits per heavy atom. The third kappa shape index (κ3) is 3.58. The van der Waals surface area contributed by atoms with E-state index in [1.54, 1.807) is 12.1 Å². The van der Waals surface area contributed by atoms with Gasteiger partial charge in [-0.2, -0.15) is 0 Å². The van der Waals surface area contributed by atoms with Crippen LogP contribution in [0.4, 0.5) is 0 Å². The zero-order chi connectivity index (χ0) is 15.5. The lowest BCUT2D eigenvalue weighted by Gasteiger charge is -2.31. The molecule has 1 aromatic carbocycles. The first-order chi connectivity index (χ1) is 9.94. The van der Waals surface area contributed by atoms with Gasteiger partial charge in [-0.3, -0.25) is 9.79 Å². The zero-order valence-electron chi connectivity index (χ0n) is 12.5. The summed E-state index contributed by atoms with van der Waals surface area (Å²) in [6, 6.07) is 9.01. The Labute approximate surface area is 124 Å². The van der Waals surface area contributed by atoms with E-state index in [0.717, 1.165) is 0 Å². The van der Waals surface area contributed by atoms with Crippen LogP contribution in [0, 0.1) is 5.41 Å². The number of nitrogens with zero attached hydrogens (tertiary/aromatic N) is 1. The third-order valence-electron chi connectivity index (χ3n) is 3.54. The number of Topliss-reactive ketones (excluding diaryl/α,β-unsaturated/α-hetero) is 1. The van der Waals surface area contributed by atoms with Crippen molar-refractivity contribution in [1.29, 1.82) is 0 Å². The Bertz CT molecular complexity index is 585. The molecule has 0 heterocycles. The van der Waals surface area contributed by atoms with Crippen molar-refractivity contribution < 1.29 is 15.0 Å². The molecular formula is C17H21NO3. The van der Waals surface area contributed by atoms with Crippen molar-refractivity contribution in [2.45, 2.75) is 26.7 Å². The number of hydrogen-bond acceptors (Lipinski definition) is 4. The number of rotatable bonds is 3. The SMILES string of the molecule is CC1(C)CC(=O)/C(=C(/O)c2ccccc2)C(=NCCO)C1. The van der Waals surface area contributed by atoms with Crippen LogP contribution in [0.2, 0.25) is 0 Å². The van der Waals surface area contributed by atoms with Gasteiger partial charge in [-0.15, -0.1) is 0 Å². The van der Waals surface area contributed by atoms with Crippen LogP contribution >= 0.6 is 0 Å². The first-order valence-electron chi connectivity index (χ1n) is 7.11. The Hall–Kier alpha value is -1.94. The van der Waals surface area contributed by atoms with Crippen LogP contribution in [0.3, 0.4) is 0 Å². The van der Waals surface area contributed by atoms with Gasteiger partial charge in [0.05, 0.1) is 18.7 Å². The second-order valence-corrected chi connectivity index (χ2v) is 6.08. The Balaban J connectivity index is 2.50. The predicted molar refractivity (Wildman–Crippen MR) is 83.4 cm³/mol. The van der Waals surface area contributed by atoms with E-state index < -0.39 is 0 Å². The molecule has 112 valence electrons. The van der Waals surface area contributed by atoms with Gasteiger partial charge in [0.25, 0.3) is 0 Å². The molecule has 0 bridgehead atoms. The molecule has 0 saturated heterocycles. The topological polar surface area (TPSA) is 69.9 Å². The molecule has 1 aromatic rings. The largest absolute Gasteiger partial charge is 0.506 e. The van der Waals surface area contributed by atoms with E-state index in [-0.39, 0.29) is 30.1 Å². The molecule has 0 atom stereocenters. The van der Waals surface area contributed by atoms with E-state index in [1.165, 1.54) is 0 Å². The highest BCUT2D eigenvalue weighted by Crippen LogP contribution is 2.36. The number of aliphatic hydroxyl groups is 2. The maximum Gasteiger partial charge on any atom is 0.168 e. The zero-order valence-corrected chi connectivity index (χ0v) is 12.5. The normalized spacial score (nSPS) is 22.4. The van der Waals surface area contributed by atoms with E-state index in [4.69, 9.17) is 5.11 Å². The molecule has 0 amide bonds. The molecule has 0 aliphatic heterocycles. The molecule has 21 heavy (non-hydrogen) atoms. The minimum Gasteiger partial charge on any atom is -0.506 e. The summed E-state index contributed by atoms with van der Waals surface area (Å²) in [6.45, 7) is 4.19. The smallest absolute Gasteiger partial charge is 0.168 e. The molecule has 0 aromatic heterocycles. The molecular weight excluding hydrogens is 266 g/mol. The average molecular weight is 287 g/mol. The summed E-state index contributed by atoms with van der Waals surface area (Å²) in [5.41, 5.74) is 1.32. The molecule has 2 N–H and O–H groups in total. The van der Waals surface area contributed by atoms with Gasteiger partial charge in [-0.1, -0.05) is 44.2 Å². The van der Waals surface area contributed by atoms with Crippen LogP contribution in [-0.2, 0) is 4.79 Å². The molecule has 4 nitrogen and oxygen atoms in total. The summed E-state index contributed by atoms with van der Waals surface area (Å²) in [5, 5.41) is 19.4. The van der Waals surface area contributed by atoms with Gasteiger partial charge in [0.1, 0.15) is 5.76 Å². The Morgan fingerprint density at radius 2 is 1.90 bits per heavy atom. The van der Waals surface area contributed by atoms with Crippen molar-refractivity contribution in [2.75, 3.05) is 13.2 Å². The lowest BCUT2D eigenvalue weighted by Crippen LogP contribution is -2.32. The quantitative estimate of drug-likeness (QED) is 0.663. The molecule has 0 radical (unpaired) electrons. The van der Waals surface area contributed by atoms with Crippen LogP contribution < -0.4 is 0 Å². The van der Waals surface area contributed by atoms with Gasteiger partial charge in [-0.05, 0) is 11.8 Å². The summed E-state index contributed by atoms with van der Waals surface area (Å²) in [5.74, 6) is -0.114. The van der Waals surface area contributed by atoms with Gasteiger partial charge in [0, 0.05) is 17.7 Å². The maximum absolute atomic E-state index is 12.4. The van der Waals surface area contributed by atoms with Gasteiger partial charge in [0.2, 0.25) is 0 Å². The van der Waals surface area contributed by atoms with Crippen molar-refractivity contribution >= 4 is 17.3 Å². The second kappa shape index (κ2) is 6.22. The number of aliphatic hydroxyl groups excluding tert-OH is 2. The molecule has 1 saturated carbocycles. The molecule has 4 heteroatoms. The van der Waals surface area contributed by atoms with E-state index in [0.29, 0.717) is 29.7 Å². The van der Waals surface area contributed by atoms with Crippen molar-refractivity contribution in [3.8, 4) is 0 Å². The standard InChI is InChI=1S/C17H21NO3/c1-17(2)10-13(18-8-9-19)15(14(20)11-17)16(21)12-6-4-3-5-7-12/h3-7,19,21H,8-11H2,1-2H3/b16-15+,18-13?.